The quantitative estimate of drug-likeness (QED) is 0.803. The number of amides is 1. The smallest absolute Gasteiger partial charge is 0.251 e. The largest absolute Gasteiger partial charge is 0.497 e. The Kier molecular flexibility index (Phi) is 4.02. The van der Waals surface area contributed by atoms with Crippen LogP contribution in [0.4, 0.5) is 4.39 Å². The monoisotopic (exact) mass is 312 g/mol. The minimum Gasteiger partial charge on any atom is -0.497 e. The Labute approximate surface area is 133 Å². The van der Waals surface area contributed by atoms with Crippen LogP contribution in [0.3, 0.4) is 0 Å². The summed E-state index contributed by atoms with van der Waals surface area (Å²) >= 11 is 0. The van der Waals surface area contributed by atoms with Crippen molar-refractivity contribution in [2.45, 2.75) is 6.54 Å². The van der Waals surface area contributed by atoms with Crippen molar-refractivity contribution in [3.8, 4) is 5.75 Å². The first-order valence-corrected chi connectivity index (χ1v) is 7.24. The van der Waals surface area contributed by atoms with Crippen LogP contribution < -0.4 is 10.1 Å². The maximum Gasteiger partial charge on any atom is 0.251 e. The molecule has 0 radical (unpaired) electrons. The van der Waals surface area contributed by atoms with Crippen LogP contribution in [-0.2, 0) is 13.6 Å². The third-order valence-electron chi connectivity index (χ3n) is 3.81. The van der Waals surface area contributed by atoms with E-state index in [1.807, 2.05) is 36.0 Å². The number of carbonyl (C=O) groups excluding carboxylic acids is 1. The first-order valence-electron chi connectivity index (χ1n) is 7.24. The third-order valence-corrected chi connectivity index (χ3v) is 3.81. The normalized spacial score (nSPS) is 10.7. The van der Waals surface area contributed by atoms with E-state index in [4.69, 9.17) is 4.74 Å². The van der Waals surface area contributed by atoms with Crippen molar-refractivity contribution in [1.82, 2.24) is 9.88 Å². The van der Waals surface area contributed by atoms with Crippen LogP contribution >= 0.6 is 0 Å². The lowest BCUT2D eigenvalue weighted by atomic mass is 10.1. The summed E-state index contributed by atoms with van der Waals surface area (Å²) in [5.41, 5.74) is 2.34. The van der Waals surface area contributed by atoms with Crippen molar-refractivity contribution in [3.63, 3.8) is 0 Å². The van der Waals surface area contributed by atoms with E-state index in [0.717, 1.165) is 22.2 Å². The highest BCUT2D eigenvalue weighted by atomic mass is 19.1. The van der Waals surface area contributed by atoms with E-state index in [1.165, 1.54) is 18.2 Å². The summed E-state index contributed by atoms with van der Waals surface area (Å²) in [7, 11) is 3.57. The van der Waals surface area contributed by atoms with Crippen LogP contribution in [0.1, 0.15) is 15.9 Å². The maximum absolute atomic E-state index is 13.2. The minimum absolute atomic E-state index is 0.301. The molecule has 0 saturated carbocycles. The number of halogens is 1. The van der Waals surface area contributed by atoms with Crippen molar-refractivity contribution >= 4 is 16.8 Å². The zero-order valence-corrected chi connectivity index (χ0v) is 13.0. The van der Waals surface area contributed by atoms with Crippen molar-refractivity contribution in [2.75, 3.05) is 7.11 Å². The molecule has 0 bridgehead atoms. The lowest BCUT2D eigenvalue weighted by Gasteiger charge is -2.05. The molecule has 0 saturated heterocycles. The number of hydrogen-bond acceptors (Lipinski definition) is 2. The number of hydrogen-bond donors (Lipinski definition) is 1. The van der Waals surface area contributed by atoms with Crippen LogP contribution in [0.2, 0.25) is 0 Å². The number of fused-ring (bicyclic) bond motifs is 1. The summed E-state index contributed by atoms with van der Waals surface area (Å²) in [6.45, 7) is 0.361. The van der Waals surface area contributed by atoms with Gasteiger partial charge in [-0.25, -0.2) is 4.39 Å². The van der Waals surface area contributed by atoms with Crippen LogP contribution in [-0.4, -0.2) is 17.6 Å². The molecule has 0 unspecified atom stereocenters. The summed E-state index contributed by atoms with van der Waals surface area (Å²) in [5, 5.41) is 3.85. The number of nitrogens with zero attached hydrogens (tertiary/aromatic N) is 1. The fourth-order valence-electron chi connectivity index (χ4n) is 2.63. The SMILES string of the molecule is COc1ccc2c(c1)c(CNC(=O)c1cccc(F)c1)cn2C. The average Bonchev–Trinajstić information content (AvgIpc) is 2.88. The second kappa shape index (κ2) is 6.12. The lowest BCUT2D eigenvalue weighted by molar-refractivity contribution is 0.0950. The molecule has 23 heavy (non-hydrogen) atoms. The highest BCUT2D eigenvalue weighted by Gasteiger charge is 2.10. The Hall–Kier alpha value is -2.82. The Morgan fingerprint density at radius 1 is 1.26 bits per heavy atom. The summed E-state index contributed by atoms with van der Waals surface area (Å²) in [6.07, 6.45) is 1.97. The van der Waals surface area contributed by atoms with Gasteiger partial charge in [-0.05, 0) is 42.0 Å². The summed E-state index contributed by atoms with van der Waals surface area (Å²) in [5.74, 6) is 0.0401. The first kappa shape index (κ1) is 15.1. The van der Waals surface area contributed by atoms with Crippen molar-refractivity contribution < 1.29 is 13.9 Å². The summed E-state index contributed by atoms with van der Waals surface area (Å²) in [4.78, 5) is 12.1. The molecule has 0 spiro atoms. The second-order valence-corrected chi connectivity index (χ2v) is 5.34. The highest BCUT2D eigenvalue weighted by molar-refractivity contribution is 5.94. The topological polar surface area (TPSA) is 43.3 Å². The molecular formula is C18H17FN2O2. The van der Waals surface area contributed by atoms with Gasteiger partial charge in [0.05, 0.1) is 7.11 Å². The predicted molar refractivity (Wildman–Crippen MR) is 87.0 cm³/mol. The van der Waals surface area contributed by atoms with E-state index >= 15 is 0 Å². The molecule has 0 fully saturated rings. The number of rotatable bonds is 4. The molecule has 1 N–H and O–H groups in total. The Morgan fingerprint density at radius 3 is 2.83 bits per heavy atom. The first-order chi connectivity index (χ1) is 11.1. The lowest BCUT2D eigenvalue weighted by Crippen LogP contribution is -2.22. The standard InChI is InChI=1S/C18H17FN2O2/c1-21-11-13(16-9-15(23-2)6-7-17(16)21)10-20-18(22)12-4-3-5-14(19)8-12/h3-9,11H,10H2,1-2H3,(H,20,22). The second-order valence-electron chi connectivity index (χ2n) is 5.34. The minimum atomic E-state index is -0.424. The molecule has 1 heterocycles. The van der Waals surface area contributed by atoms with E-state index in [2.05, 4.69) is 5.32 Å². The highest BCUT2D eigenvalue weighted by Crippen LogP contribution is 2.25. The molecule has 1 amide bonds. The molecule has 5 heteroatoms. The van der Waals surface area contributed by atoms with Gasteiger partial charge < -0.3 is 14.6 Å². The van der Waals surface area contributed by atoms with Gasteiger partial charge in [0.1, 0.15) is 11.6 Å². The fourth-order valence-corrected chi connectivity index (χ4v) is 2.63. The van der Waals surface area contributed by atoms with E-state index in [9.17, 15) is 9.18 Å². The van der Waals surface area contributed by atoms with E-state index in [0.29, 0.717) is 12.1 Å². The van der Waals surface area contributed by atoms with Crippen LogP contribution in [0.5, 0.6) is 5.75 Å². The Balaban J connectivity index is 1.83. The number of aryl methyl sites for hydroxylation is 1. The molecule has 118 valence electrons. The Bertz CT molecular complexity index is 871. The zero-order valence-electron chi connectivity index (χ0n) is 13.0. The van der Waals surface area contributed by atoms with Gasteiger partial charge in [-0.3, -0.25) is 4.79 Å². The van der Waals surface area contributed by atoms with Gasteiger partial charge >= 0.3 is 0 Å². The number of ether oxygens (including phenoxy) is 1. The number of carbonyl (C=O) groups is 1. The molecule has 3 rings (SSSR count). The molecule has 2 aromatic carbocycles. The average molecular weight is 312 g/mol. The molecule has 4 nitrogen and oxygen atoms in total. The van der Waals surface area contributed by atoms with Crippen LogP contribution in [0, 0.1) is 5.82 Å². The molecule has 0 aliphatic carbocycles. The number of nitrogens with one attached hydrogen (secondary N) is 1. The number of methoxy groups -OCH3 is 1. The van der Waals surface area contributed by atoms with Gasteiger partial charge in [-0.2, -0.15) is 0 Å². The molecule has 0 atom stereocenters. The van der Waals surface area contributed by atoms with E-state index in [1.54, 1.807) is 13.2 Å². The third kappa shape index (κ3) is 3.04. The maximum atomic E-state index is 13.2. The summed E-state index contributed by atoms with van der Waals surface area (Å²) < 4.78 is 20.4. The van der Waals surface area contributed by atoms with Crippen LogP contribution in [0.25, 0.3) is 10.9 Å². The molecule has 3 aromatic rings. The van der Waals surface area contributed by atoms with Gasteiger partial charge in [-0.1, -0.05) is 6.07 Å². The molecule has 0 aliphatic rings. The molecule has 1 aromatic heterocycles. The molecular weight excluding hydrogens is 295 g/mol. The number of benzene rings is 2. The van der Waals surface area contributed by atoms with Crippen molar-refractivity contribution in [1.29, 1.82) is 0 Å². The van der Waals surface area contributed by atoms with Crippen LogP contribution in [0.15, 0.2) is 48.7 Å². The Morgan fingerprint density at radius 2 is 2.09 bits per heavy atom. The van der Waals surface area contributed by atoms with Crippen molar-refractivity contribution in [3.05, 3.63) is 65.6 Å². The van der Waals surface area contributed by atoms with Gasteiger partial charge in [0.15, 0.2) is 0 Å². The van der Waals surface area contributed by atoms with Gasteiger partial charge in [-0.15, -0.1) is 0 Å². The van der Waals surface area contributed by atoms with E-state index in [-0.39, 0.29) is 5.91 Å². The summed E-state index contributed by atoms with van der Waals surface area (Å²) in [6, 6.07) is 11.5. The van der Waals surface area contributed by atoms with Gasteiger partial charge in [0.25, 0.3) is 5.91 Å². The number of aromatic nitrogens is 1. The molecule has 0 aliphatic heterocycles. The van der Waals surface area contributed by atoms with Gasteiger partial charge in [0.2, 0.25) is 0 Å². The van der Waals surface area contributed by atoms with E-state index < -0.39 is 5.82 Å². The zero-order chi connectivity index (χ0) is 16.4. The predicted octanol–water partition coefficient (Wildman–Crippen LogP) is 3.26. The fraction of sp³-hybridized carbons (Fsp3) is 0.167. The van der Waals surface area contributed by atoms with Crippen molar-refractivity contribution in [2.24, 2.45) is 7.05 Å². The van der Waals surface area contributed by atoms with Gasteiger partial charge in [0, 0.05) is 36.3 Å².